The van der Waals surface area contributed by atoms with E-state index in [9.17, 15) is 0 Å². The molecule has 0 bridgehead atoms. The highest BCUT2D eigenvalue weighted by molar-refractivity contribution is 7.98. The van der Waals surface area contributed by atoms with Crippen LogP contribution in [0.15, 0.2) is 35.3 Å². The average Bonchev–Trinajstić information content (AvgIpc) is 2.25. The van der Waals surface area contributed by atoms with Crippen molar-refractivity contribution in [3.05, 3.63) is 35.9 Å². The van der Waals surface area contributed by atoms with Gasteiger partial charge in [-0.3, -0.25) is 4.99 Å². The molecule has 2 N–H and O–H groups in total. The molecule has 0 aliphatic rings. The molecule has 2 nitrogen and oxygen atoms in total. The predicted molar refractivity (Wildman–Crippen MR) is 65.0 cm³/mol. The lowest BCUT2D eigenvalue weighted by atomic mass is 10.2. The Labute approximate surface area is 89.6 Å². The first-order valence-electron chi connectivity index (χ1n) is 4.69. The summed E-state index contributed by atoms with van der Waals surface area (Å²) in [7, 11) is 0. The topological polar surface area (TPSA) is 38.4 Å². The number of benzene rings is 1. The molecule has 3 heteroatoms. The second-order valence-corrected chi connectivity index (χ2v) is 3.96. The van der Waals surface area contributed by atoms with E-state index in [1.807, 2.05) is 42.1 Å². The minimum absolute atomic E-state index is 0.645. The van der Waals surface area contributed by atoms with Gasteiger partial charge in [0, 0.05) is 12.1 Å². The number of nitrogens with two attached hydrogens (primary N) is 1. The Morgan fingerprint density at radius 1 is 1.36 bits per heavy atom. The molecule has 1 aromatic carbocycles. The number of hydrogen-bond acceptors (Lipinski definition) is 2. The molecule has 0 aliphatic heterocycles. The maximum atomic E-state index is 5.82. The molecular formula is C11H16N2S. The molecule has 0 saturated carbocycles. The van der Waals surface area contributed by atoms with E-state index >= 15 is 0 Å². The standard InChI is InChI=1S/C11H16N2S/c1-14-9-5-8-13-11(12)10-6-3-2-4-7-10/h2-4,6-7H,5,8-9H2,1H3,(H2,12,13). The molecule has 1 aromatic rings. The van der Waals surface area contributed by atoms with Crippen molar-refractivity contribution in [2.75, 3.05) is 18.6 Å². The summed E-state index contributed by atoms with van der Waals surface area (Å²) in [5, 5.41) is 0. The average molecular weight is 208 g/mol. The van der Waals surface area contributed by atoms with Gasteiger partial charge in [0.1, 0.15) is 5.84 Å². The van der Waals surface area contributed by atoms with E-state index in [1.54, 1.807) is 0 Å². The van der Waals surface area contributed by atoms with E-state index < -0.39 is 0 Å². The Morgan fingerprint density at radius 3 is 2.71 bits per heavy atom. The first-order valence-corrected chi connectivity index (χ1v) is 6.08. The molecule has 0 aliphatic carbocycles. The zero-order chi connectivity index (χ0) is 10.2. The number of thioether (sulfide) groups is 1. The van der Waals surface area contributed by atoms with Crippen molar-refractivity contribution < 1.29 is 0 Å². The summed E-state index contributed by atoms with van der Waals surface area (Å²) in [5.41, 5.74) is 6.83. The Hall–Kier alpha value is -0.960. The number of hydrogen-bond donors (Lipinski definition) is 1. The highest BCUT2D eigenvalue weighted by Gasteiger charge is 1.94. The normalized spacial score (nSPS) is 11.6. The van der Waals surface area contributed by atoms with Gasteiger partial charge in [-0.2, -0.15) is 11.8 Å². The van der Waals surface area contributed by atoms with E-state index in [-0.39, 0.29) is 0 Å². The van der Waals surface area contributed by atoms with Crippen molar-refractivity contribution in [3.63, 3.8) is 0 Å². The number of aliphatic imine (C=N–C) groups is 1. The summed E-state index contributed by atoms with van der Waals surface area (Å²) in [6.45, 7) is 0.821. The zero-order valence-corrected chi connectivity index (χ0v) is 9.26. The second-order valence-electron chi connectivity index (χ2n) is 2.98. The third kappa shape index (κ3) is 3.83. The molecule has 0 unspecified atom stereocenters. The fraction of sp³-hybridized carbons (Fsp3) is 0.364. The van der Waals surface area contributed by atoms with Crippen LogP contribution in [0.5, 0.6) is 0 Å². The van der Waals surface area contributed by atoms with E-state index in [0.717, 1.165) is 24.3 Å². The lowest BCUT2D eigenvalue weighted by Gasteiger charge is -2.00. The van der Waals surface area contributed by atoms with Crippen LogP contribution >= 0.6 is 11.8 Å². The van der Waals surface area contributed by atoms with Crippen molar-refractivity contribution in [1.29, 1.82) is 0 Å². The highest BCUT2D eigenvalue weighted by Crippen LogP contribution is 1.99. The molecule has 0 heterocycles. The molecule has 0 amide bonds. The van der Waals surface area contributed by atoms with Crippen LogP contribution in [0.2, 0.25) is 0 Å². The first-order chi connectivity index (χ1) is 6.84. The van der Waals surface area contributed by atoms with Crippen molar-refractivity contribution >= 4 is 17.6 Å². The minimum Gasteiger partial charge on any atom is -0.384 e. The van der Waals surface area contributed by atoms with Gasteiger partial charge in [0.25, 0.3) is 0 Å². The summed E-state index contributed by atoms with van der Waals surface area (Å²) in [4.78, 5) is 4.31. The monoisotopic (exact) mass is 208 g/mol. The van der Waals surface area contributed by atoms with Gasteiger partial charge < -0.3 is 5.73 Å². The smallest absolute Gasteiger partial charge is 0.125 e. The summed E-state index contributed by atoms with van der Waals surface area (Å²) in [6, 6.07) is 9.88. The van der Waals surface area contributed by atoms with Crippen LogP contribution in [0.3, 0.4) is 0 Å². The van der Waals surface area contributed by atoms with Gasteiger partial charge in [-0.05, 0) is 18.4 Å². The molecular weight excluding hydrogens is 192 g/mol. The Bertz CT molecular complexity index is 283. The fourth-order valence-corrected chi connectivity index (χ4v) is 1.53. The molecule has 0 aromatic heterocycles. The lowest BCUT2D eigenvalue weighted by molar-refractivity contribution is 0.942. The van der Waals surface area contributed by atoms with Gasteiger partial charge in [0.2, 0.25) is 0 Å². The van der Waals surface area contributed by atoms with Crippen LogP contribution in [-0.4, -0.2) is 24.4 Å². The Kier molecular flexibility index (Phi) is 5.15. The zero-order valence-electron chi connectivity index (χ0n) is 8.44. The maximum Gasteiger partial charge on any atom is 0.125 e. The fourth-order valence-electron chi connectivity index (χ4n) is 1.11. The van der Waals surface area contributed by atoms with Gasteiger partial charge in [-0.1, -0.05) is 30.3 Å². The molecule has 0 saturated heterocycles. The second kappa shape index (κ2) is 6.49. The maximum absolute atomic E-state index is 5.82. The van der Waals surface area contributed by atoms with Gasteiger partial charge in [-0.25, -0.2) is 0 Å². The molecule has 1 rings (SSSR count). The van der Waals surface area contributed by atoms with Crippen molar-refractivity contribution in [2.24, 2.45) is 10.7 Å². The van der Waals surface area contributed by atoms with E-state index in [0.29, 0.717) is 5.84 Å². The van der Waals surface area contributed by atoms with Crippen LogP contribution in [-0.2, 0) is 0 Å². The Balaban J connectivity index is 2.44. The van der Waals surface area contributed by atoms with Crippen LogP contribution in [0, 0.1) is 0 Å². The quantitative estimate of drug-likeness (QED) is 0.457. The molecule has 0 fully saturated rings. The van der Waals surface area contributed by atoms with Crippen LogP contribution in [0.4, 0.5) is 0 Å². The summed E-state index contributed by atoms with van der Waals surface area (Å²) < 4.78 is 0. The molecule has 14 heavy (non-hydrogen) atoms. The molecule has 0 radical (unpaired) electrons. The first kappa shape index (κ1) is 11.1. The van der Waals surface area contributed by atoms with Gasteiger partial charge in [0.05, 0.1) is 0 Å². The third-order valence-electron chi connectivity index (χ3n) is 1.86. The van der Waals surface area contributed by atoms with Crippen LogP contribution in [0.1, 0.15) is 12.0 Å². The van der Waals surface area contributed by atoms with Crippen LogP contribution in [0.25, 0.3) is 0 Å². The van der Waals surface area contributed by atoms with Crippen LogP contribution < -0.4 is 5.73 Å². The van der Waals surface area contributed by atoms with Gasteiger partial charge in [0.15, 0.2) is 0 Å². The third-order valence-corrected chi connectivity index (χ3v) is 2.56. The van der Waals surface area contributed by atoms with E-state index in [1.165, 1.54) is 0 Å². The number of rotatable bonds is 5. The number of nitrogens with zero attached hydrogens (tertiary/aromatic N) is 1. The van der Waals surface area contributed by atoms with Gasteiger partial charge in [-0.15, -0.1) is 0 Å². The highest BCUT2D eigenvalue weighted by atomic mass is 32.2. The molecule has 0 atom stereocenters. The Morgan fingerprint density at radius 2 is 2.07 bits per heavy atom. The molecule has 0 spiro atoms. The van der Waals surface area contributed by atoms with Crippen molar-refractivity contribution in [3.8, 4) is 0 Å². The molecule has 76 valence electrons. The van der Waals surface area contributed by atoms with E-state index in [4.69, 9.17) is 5.73 Å². The van der Waals surface area contributed by atoms with Crippen molar-refractivity contribution in [1.82, 2.24) is 0 Å². The van der Waals surface area contributed by atoms with Crippen molar-refractivity contribution in [2.45, 2.75) is 6.42 Å². The minimum atomic E-state index is 0.645. The van der Waals surface area contributed by atoms with Gasteiger partial charge >= 0.3 is 0 Å². The largest absolute Gasteiger partial charge is 0.384 e. The summed E-state index contributed by atoms with van der Waals surface area (Å²) in [5.74, 6) is 1.79. The summed E-state index contributed by atoms with van der Waals surface area (Å²) in [6.07, 6.45) is 3.19. The summed E-state index contributed by atoms with van der Waals surface area (Å²) >= 11 is 1.84. The SMILES string of the molecule is CSCCCN=C(N)c1ccccc1. The predicted octanol–water partition coefficient (Wildman–Crippen LogP) is 2.15. The number of amidine groups is 1. The van der Waals surface area contributed by atoms with E-state index in [2.05, 4.69) is 11.2 Å². The lowest BCUT2D eigenvalue weighted by Crippen LogP contribution is -2.13.